The maximum Gasteiger partial charge on any atom is 0.509 e. The molecule has 2 heterocycles. The highest BCUT2D eigenvalue weighted by Crippen LogP contribution is 2.30. The van der Waals surface area contributed by atoms with E-state index in [-0.39, 0.29) is 6.61 Å². The molecule has 64 valence electrons. The van der Waals surface area contributed by atoms with Crippen molar-refractivity contribution in [1.82, 2.24) is 0 Å². The first-order valence-electron chi connectivity index (χ1n) is 3.61. The molecule has 2 rings (SSSR count). The monoisotopic (exact) mass is 170 g/mol. The van der Waals surface area contributed by atoms with Gasteiger partial charge in [-0.2, -0.15) is 0 Å². The topological polar surface area (TPSA) is 65.0 Å². The molecule has 1 unspecified atom stereocenters. The second-order valence-corrected chi connectivity index (χ2v) is 2.74. The normalized spacial score (nSPS) is 45.2. The van der Waals surface area contributed by atoms with E-state index in [9.17, 15) is 4.79 Å². The Labute approximate surface area is 70.0 Å². The van der Waals surface area contributed by atoms with E-state index < -0.39 is 30.5 Å². The van der Waals surface area contributed by atoms with E-state index in [0.717, 1.165) is 0 Å². The summed E-state index contributed by atoms with van der Waals surface area (Å²) < 4.78 is 14.5. The Balaban J connectivity index is 2.13. The number of hydrogen-bond acceptors (Lipinski definition) is 5. The summed E-state index contributed by atoms with van der Waals surface area (Å²) in [6.07, 6.45) is -2.44. The lowest BCUT2D eigenvalue weighted by Gasteiger charge is -2.10. The summed E-state index contributed by atoms with van der Waals surface area (Å²) in [7, 11) is 5.46. The third kappa shape index (κ3) is 0.989. The van der Waals surface area contributed by atoms with Gasteiger partial charge in [-0.25, -0.2) is 4.79 Å². The Morgan fingerprint density at radius 3 is 2.75 bits per heavy atom. The SMILES string of the molecule is [B][C@@H]1O[C@H](CO)C2OC(=O)O[C@@H]21. The summed E-state index contributed by atoms with van der Waals surface area (Å²) in [5.74, 6) is 0. The van der Waals surface area contributed by atoms with Crippen LogP contribution in [0.15, 0.2) is 0 Å². The molecule has 0 aromatic heterocycles. The molecule has 2 fully saturated rings. The zero-order chi connectivity index (χ0) is 8.72. The van der Waals surface area contributed by atoms with Gasteiger partial charge in [-0.15, -0.1) is 0 Å². The lowest BCUT2D eigenvalue weighted by atomic mass is 9.93. The molecule has 0 spiro atoms. The van der Waals surface area contributed by atoms with Gasteiger partial charge in [0.25, 0.3) is 0 Å². The summed E-state index contributed by atoms with van der Waals surface area (Å²) in [5, 5.41) is 8.79. The van der Waals surface area contributed by atoms with Crippen LogP contribution in [0.5, 0.6) is 0 Å². The van der Waals surface area contributed by atoms with Crippen LogP contribution < -0.4 is 0 Å². The smallest absolute Gasteiger partial charge is 0.425 e. The van der Waals surface area contributed by atoms with Gasteiger partial charge >= 0.3 is 6.16 Å². The number of rotatable bonds is 1. The van der Waals surface area contributed by atoms with Crippen molar-refractivity contribution in [2.75, 3.05) is 6.61 Å². The highest BCUT2D eigenvalue weighted by atomic mass is 16.8. The molecule has 2 saturated heterocycles. The highest BCUT2D eigenvalue weighted by molar-refractivity contribution is 6.11. The van der Waals surface area contributed by atoms with Gasteiger partial charge in [0.2, 0.25) is 0 Å². The largest absolute Gasteiger partial charge is 0.509 e. The molecule has 0 saturated carbocycles. The number of hydrogen-bond donors (Lipinski definition) is 1. The van der Waals surface area contributed by atoms with Gasteiger partial charge in [0.15, 0.2) is 12.2 Å². The Morgan fingerprint density at radius 2 is 2.08 bits per heavy atom. The van der Waals surface area contributed by atoms with Crippen molar-refractivity contribution in [2.45, 2.75) is 24.3 Å². The average Bonchev–Trinajstić information content (AvgIpc) is 2.52. The first-order valence-corrected chi connectivity index (χ1v) is 3.61. The van der Waals surface area contributed by atoms with Crippen molar-refractivity contribution in [1.29, 1.82) is 0 Å². The molecule has 2 aliphatic heterocycles. The van der Waals surface area contributed by atoms with E-state index >= 15 is 0 Å². The maximum absolute atomic E-state index is 10.6. The van der Waals surface area contributed by atoms with Gasteiger partial charge in [0.05, 0.1) is 12.6 Å². The van der Waals surface area contributed by atoms with Crippen molar-refractivity contribution in [3.8, 4) is 0 Å². The van der Waals surface area contributed by atoms with Gasteiger partial charge in [-0.05, 0) is 0 Å². The van der Waals surface area contributed by atoms with E-state index in [1.807, 2.05) is 0 Å². The Hall–Kier alpha value is -0.745. The van der Waals surface area contributed by atoms with Crippen molar-refractivity contribution in [3.63, 3.8) is 0 Å². The second kappa shape index (κ2) is 2.64. The zero-order valence-electron chi connectivity index (χ0n) is 6.17. The molecule has 0 bridgehead atoms. The lowest BCUT2D eigenvalue weighted by Crippen LogP contribution is -2.31. The van der Waals surface area contributed by atoms with Crippen LogP contribution in [0.25, 0.3) is 0 Å². The third-order valence-electron chi connectivity index (χ3n) is 1.99. The minimum absolute atomic E-state index is 0.231. The molecule has 2 aliphatic rings. The van der Waals surface area contributed by atoms with E-state index in [2.05, 4.69) is 0 Å². The predicted octanol–water partition coefficient (Wildman–Crippen LogP) is -1.22. The van der Waals surface area contributed by atoms with Gasteiger partial charge in [0, 0.05) is 0 Å². The molecule has 0 aliphatic carbocycles. The zero-order valence-corrected chi connectivity index (χ0v) is 6.17. The Kier molecular flexibility index (Phi) is 1.73. The van der Waals surface area contributed by atoms with Gasteiger partial charge in [0.1, 0.15) is 14.0 Å². The standard InChI is InChI=1S/C6H7BO5/c7-5-4-3(2(1-8)10-5)11-6(9)12-4/h2-5,8H,1H2/t2-,3?,4+,5-/m1/s1. The minimum atomic E-state index is -0.748. The minimum Gasteiger partial charge on any atom is -0.425 e. The molecule has 1 N–H and O–H groups in total. The molecule has 12 heavy (non-hydrogen) atoms. The summed E-state index contributed by atoms with van der Waals surface area (Å²) >= 11 is 0. The number of aliphatic hydroxyl groups is 1. The van der Waals surface area contributed by atoms with Crippen molar-refractivity contribution >= 4 is 14.0 Å². The molecule has 5 nitrogen and oxygen atoms in total. The Morgan fingerprint density at radius 1 is 1.42 bits per heavy atom. The highest BCUT2D eigenvalue weighted by Gasteiger charge is 2.51. The molecule has 2 radical (unpaired) electrons. The summed E-state index contributed by atoms with van der Waals surface area (Å²) in [5.41, 5.74) is 0. The van der Waals surface area contributed by atoms with Crippen LogP contribution in [0.3, 0.4) is 0 Å². The summed E-state index contributed by atoms with van der Waals surface area (Å²) in [6.45, 7) is -0.231. The van der Waals surface area contributed by atoms with Crippen molar-refractivity contribution < 1.29 is 24.1 Å². The van der Waals surface area contributed by atoms with Crippen LogP contribution in [0.1, 0.15) is 0 Å². The first-order chi connectivity index (χ1) is 5.72. The number of fused-ring (bicyclic) bond motifs is 1. The van der Waals surface area contributed by atoms with Crippen LogP contribution in [-0.4, -0.2) is 50.0 Å². The fourth-order valence-electron chi connectivity index (χ4n) is 1.43. The summed E-state index contributed by atoms with van der Waals surface area (Å²) in [6, 6.07) is -0.696. The van der Waals surface area contributed by atoms with Crippen LogP contribution in [0, 0.1) is 0 Å². The molecule has 0 aromatic carbocycles. The first kappa shape index (κ1) is 7.88. The molecule has 4 atom stereocenters. The predicted molar refractivity (Wildman–Crippen MR) is 36.6 cm³/mol. The molecule has 0 aromatic rings. The molecular formula is C6H7BO5. The van der Waals surface area contributed by atoms with Crippen molar-refractivity contribution in [3.05, 3.63) is 0 Å². The van der Waals surface area contributed by atoms with Crippen LogP contribution in [0.2, 0.25) is 0 Å². The van der Waals surface area contributed by atoms with E-state index in [1.165, 1.54) is 0 Å². The van der Waals surface area contributed by atoms with Gasteiger partial charge in [-0.1, -0.05) is 0 Å². The van der Waals surface area contributed by atoms with Gasteiger partial charge in [-0.3, -0.25) is 0 Å². The number of ether oxygens (including phenoxy) is 3. The number of aliphatic hydroxyl groups excluding tert-OH is 1. The van der Waals surface area contributed by atoms with Gasteiger partial charge < -0.3 is 19.3 Å². The molecular weight excluding hydrogens is 163 g/mol. The van der Waals surface area contributed by atoms with E-state index in [4.69, 9.17) is 27.2 Å². The second-order valence-electron chi connectivity index (χ2n) is 2.74. The maximum atomic E-state index is 10.6. The fourth-order valence-corrected chi connectivity index (χ4v) is 1.43. The van der Waals surface area contributed by atoms with Crippen molar-refractivity contribution in [2.24, 2.45) is 0 Å². The van der Waals surface area contributed by atoms with E-state index in [0.29, 0.717) is 0 Å². The van der Waals surface area contributed by atoms with Crippen LogP contribution in [-0.2, 0) is 14.2 Å². The molecule has 6 heteroatoms. The number of carbonyl (C=O) groups excluding carboxylic acids is 1. The Bertz CT molecular complexity index is 208. The van der Waals surface area contributed by atoms with Crippen LogP contribution in [0.4, 0.5) is 4.79 Å². The quantitative estimate of drug-likeness (QED) is 0.394. The molecule has 0 amide bonds. The number of carbonyl (C=O) groups is 1. The third-order valence-corrected chi connectivity index (χ3v) is 1.99. The lowest BCUT2D eigenvalue weighted by molar-refractivity contribution is -0.0189. The average molecular weight is 170 g/mol. The van der Waals surface area contributed by atoms with E-state index in [1.54, 1.807) is 0 Å². The summed E-state index contributed by atoms with van der Waals surface area (Å²) in [4.78, 5) is 10.6. The fraction of sp³-hybridized carbons (Fsp3) is 0.833. The van der Waals surface area contributed by atoms with Crippen LogP contribution >= 0.6 is 0 Å².